The van der Waals surface area contributed by atoms with Gasteiger partial charge in [-0.3, -0.25) is 4.40 Å². The summed E-state index contributed by atoms with van der Waals surface area (Å²) >= 11 is 0. The summed E-state index contributed by atoms with van der Waals surface area (Å²) in [5.41, 5.74) is 2.93. The lowest BCUT2D eigenvalue weighted by Gasteiger charge is -2.15. The van der Waals surface area contributed by atoms with E-state index in [0.29, 0.717) is 23.3 Å². The fourth-order valence-corrected chi connectivity index (χ4v) is 4.32. The molecule has 28 heavy (non-hydrogen) atoms. The predicted octanol–water partition coefficient (Wildman–Crippen LogP) is 2.65. The number of aromatic nitrogens is 7. The van der Waals surface area contributed by atoms with Crippen LogP contribution in [-0.4, -0.2) is 40.6 Å². The van der Waals surface area contributed by atoms with Crippen molar-refractivity contribution in [2.75, 3.05) is 5.32 Å². The van der Waals surface area contributed by atoms with Crippen LogP contribution in [0, 0.1) is 17.2 Å². The fourth-order valence-electron chi connectivity index (χ4n) is 4.32. The van der Waals surface area contributed by atoms with E-state index in [1.807, 2.05) is 18.3 Å². The Balaban J connectivity index is 1.46. The van der Waals surface area contributed by atoms with E-state index < -0.39 is 0 Å². The van der Waals surface area contributed by atoms with Crippen LogP contribution in [-0.2, 0) is 0 Å². The summed E-state index contributed by atoms with van der Waals surface area (Å²) in [5.74, 6) is 2.48. The molecule has 1 aliphatic carbocycles. The van der Waals surface area contributed by atoms with Gasteiger partial charge < -0.3 is 10.3 Å². The van der Waals surface area contributed by atoms with Gasteiger partial charge in [0, 0.05) is 18.2 Å². The van der Waals surface area contributed by atoms with Crippen LogP contribution in [0.3, 0.4) is 0 Å². The molecule has 9 heteroatoms. The number of hydrogen-bond acceptors (Lipinski definition) is 7. The summed E-state index contributed by atoms with van der Waals surface area (Å²) in [6, 6.07) is 4.28. The number of anilines is 1. The molecular weight excluding hydrogens is 354 g/mol. The maximum atomic E-state index is 8.87. The predicted molar refractivity (Wildman–Crippen MR) is 103 cm³/mol. The van der Waals surface area contributed by atoms with E-state index in [1.54, 1.807) is 12.4 Å². The molecule has 9 nitrogen and oxygen atoms in total. The van der Waals surface area contributed by atoms with Gasteiger partial charge in [-0.05, 0) is 24.8 Å². The van der Waals surface area contributed by atoms with Crippen molar-refractivity contribution in [3.05, 3.63) is 42.4 Å². The summed E-state index contributed by atoms with van der Waals surface area (Å²) in [6.07, 6.45) is 9.79. The van der Waals surface area contributed by atoms with Crippen molar-refractivity contribution in [1.29, 1.82) is 5.26 Å². The summed E-state index contributed by atoms with van der Waals surface area (Å²) in [5, 5.41) is 21.2. The fraction of sp³-hybridized carbons (Fsp3) is 0.368. The van der Waals surface area contributed by atoms with E-state index in [4.69, 9.17) is 5.26 Å². The van der Waals surface area contributed by atoms with Crippen LogP contribution in [0.4, 0.5) is 5.82 Å². The SMILES string of the molecule is CC[C@H]1C[C@@H](Nc2cnc(C#N)cn2)CC1c1nnc2cnc3[nH]ccc3n12. The smallest absolute Gasteiger partial charge is 0.179 e. The second-order valence-electron chi connectivity index (χ2n) is 7.21. The van der Waals surface area contributed by atoms with Gasteiger partial charge in [-0.25, -0.2) is 15.0 Å². The Labute approximate surface area is 160 Å². The van der Waals surface area contributed by atoms with Crippen molar-refractivity contribution >= 4 is 22.6 Å². The van der Waals surface area contributed by atoms with E-state index >= 15 is 0 Å². The van der Waals surface area contributed by atoms with Crippen LogP contribution in [0.2, 0.25) is 0 Å². The summed E-state index contributed by atoms with van der Waals surface area (Å²) in [7, 11) is 0. The van der Waals surface area contributed by atoms with E-state index in [2.05, 4.69) is 46.8 Å². The molecule has 0 spiro atoms. The number of hydrogen-bond donors (Lipinski definition) is 2. The van der Waals surface area contributed by atoms with Crippen LogP contribution in [0.15, 0.2) is 30.9 Å². The van der Waals surface area contributed by atoms with Gasteiger partial charge in [0.1, 0.15) is 17.7 Å². The number of rotatable bonds is 4. The van der Waals surface area contributed by atoms with Crippen molar-refractivity contribution in [3.8, 4) is 6.07 Å². The number of nitrogens with one attached hydrogen (secondary N) is 2. The minimum Gasteiger partial charge on any atom is -0.366 e. The minimum absolute atomic E-state index is 0.271. The summed E-state index contributed by atoms with van der Waals surface area (Å²) < 4.78 is 2.12. The lowest BCUT2D eigenvalue weighted by molar-refractivity contribution is 0.451. The highest BCUT2D eigenvalue weighted by atomic mass is 15.3. The van der Waals surface area contributed by atoms with Crippen LogP contribution in [0.1, 0.15) is 43.6 Å². The van der Waals surface area contributed by atoms with Crippen molar-refractivity contribution in [2.45, 2.75) is 38.1 Å². The highest BCUT2D eigenvalue weighted by Gasteiger charge is 2.37. The first-order valence-corrected chi connectivity index (χ1v) is 9.42. The highest BCUT2D eigenvalue weighted by Crippen LogP contribution is 2.42. The van der Waals surface area contributed by atoms with Gasteiger partial charge >= 0.3 is 0 Å². The Morgan fingerprint density at radius 2 is 2.14 bits per heavy atom. The van der Waals surface area contributed by atoms with E-state index in [1.165, 1.54) is 6.20 Å². The minimum atomic E-state index is 0.271. The molecule has 0 radical (unpaired) electrons. The van der Waals surface area contributed by atoms with Crippen LogP contribution >= 0.6 is 0 Å². The first kappa shape index (κ1) is 16.6. The number of nitriles is 1. The lowest BCUT2D eigenvalue weighted by atomic mass is 9.93. The third-order valence-corrected chi connectivity index (χ3v) is 5.64. The van der Waals surface area contributed by atoms with Crippen molar-refractivity contribution in [3.63, 3.8) is 0 Å². The molecule has 5 rings (SSSR count). The molecule has 1 aliphatic rings. The zero-order chi connectivity index (χ0) is 19.1. The monoisotopic (exact) mass is 373 g/mol. The molecule has 140 valence electrons. The second kappa shape index (κ2) is 6.56. The molecule has 4 heterocycles. The van der Waals surface area contributed by atoms with Gasteiger partial charge in [-0.15, -0.1) is 10.2 Å². The average Bonchev–Trinajstić information content (AvgIpc) is 3.45. The number of fused-ring (bicyclic) bond motifs is 3. The van der Waals surface area contributed by atoms with Crippen molar-refractivity contribution in [2.24, 2.45) is 5.92 Å². The summed E-state index contributed by atoms with van der Waals surface area (Å²) in [4.78, 5) is 15.9. The normalized spacial score (nSPS) is 21.9. The number of H-pyrrole nitrogens is 1. The Kier molecular flexibility index (Phi) is 3.90. The molecule has 1 unspecified atom stereocenters. The van der Waals surface area contributed by atoms with E-state index in [-0.39, 0.29) is 6.04 Å². The topological polar surface area (TPSA) is 120 Å². The molecule has 0 amide bonds. The maximum Gasteiger partial charge on any atom is 0.179 e. The van der Waals surface area contributed by atoms with Gasteiger partial charge in [0.15, 0.2) is 17.0 Å². The molecule has 1 saturated carbocycles. The Bertz CT molecular complexity index is 1170. The maximum absolute atomic E-state index is 8.87. The molecule has 4 aromatic rings. The third-order valence-electron chi connectivity index (χ3n) is 5.64. The zero-order valence-electron chi connectivity index (χ0n) is 15.4. The first-order valence-electron chi connectivity index (χ1n) is 9.42. The first-order chi connectivity index (χ1) is 13.8. The van der Waals surface area contributed by atoms with Crippen LogP contribution in [0.5, 0.6) is 0 Å². The molecular formula is C19H19N9. The highest BCUT2D eigenvalue weighted by molar-refractivity contribution is 5.74. The van der Waals surface area contributed by atoms with Gasteiger partial charge in [-0.1, -0.05) is 13.3 Å². The molecule has 0 bridgehead atoms. The summed E-state index contributed by atoms with van der Waals surface area (Å²) in [6.45, 7) is 2.22. The largest absolute Gasteiger partial charge is 0.366 e. The number of nitrogens with zero attached hydrogens (tertiary/aromatic N) is 7. The molecule has 0 aliphatic heterocycles. The molecule has 1 fully saturated rings. The van der Waals surface area contributed by atoms with E-state index in [0.717, 1.165) is 41.9 Å². The zero-order valence-corrected chi connectivity index (χ0v) is 15.4. The molecule has 3 atom stereocenters. The quantitative estimate of drug-likeness (QED) is 0.564. The lowest BCUT2D eigenvalue weighted by Crippen LogP contribution is -2.17. The Morgan fingerprint density at radius 1 is 1.21 bits per heavy atom. The van der Waals surface area contributed by atoms with Crippen LogP contribution < -0.4 is 5.32 Å². The molecule has 0 aromatic carbocycles. The average molecular weight is 373 g/mol. The van der Waals surface area contributed by atoms with Crippen molar-refractivity contribution in [1.82, 2.24) is 34.5 Å². The van der Waals surface area contributed by atoms with Gasteiger partial charge in [0.05, 0.1) is 24.1 Å². The van der Waals surface area contributed by atoms with Gasteiger partial charge in [0.25, 0.3) is 0 Å². The van der Waals surface area contributed by atoms with Crippen LogP contribution in [0.25, 0.3) is 16.8 Å². The van der Waals surface area contributed by atoms with Gasteiger partial charge in [0.2, 0.25) is 0 Å². The Morgan fingerprint density at radius 3 is 2.93 bits per heavy atom. The molecule has 0 saturated heterocycles. The van der Waals surface area contributed by atoms with E-state index in [9.17, 15) is 0 Å². The molecule has 2 N–H and O–H groups in total. The second-order valence-corrected chi connectivity index (χ2v) is 7.21. The van der Waals surface area contributed by atoms with Crippen molar-refractivity contribution < 1.29 is 0 Å². The third kappa shape index (κ3) is 2.65. The molecule has 4 aromatic heterocycles. The standard InChI is InChI=1S/C19H19N9/c1-2-11-5-12(25-16-9-22-13(7-20)8-23-16)6-14(11)19-27-26-17-10-24-18-15(28(17)19)3-4-21-18/h3-4,8-12,14,21H,2,5-6H2,1H3,(H,23,25)/t11-,12+,14?/m0/s1. The van der Waals surface area contributed by atoms with Gasteiger partial charge in [-0.2, -0.15) is 5.26 Å². The number of aromatic amines is 1. The Hall–Kier alpha value is -3.54.